The van der Waals surface area contributed by atoms with E-state index in [0.717, 1.165) is 71.5 Å². The molecular formula is C23H24N6O. The zero-order valence-electron chi connectivity index (χ0n) is 17.0. The van der Waals surface area contributed by atoms with Gasteiger partial charge in [0.15, 0.2) is 0 Å². The average Bonchev–Trinajstić information content (AvgIpc) is 3.30. The van der Waals surface area contributed by atoms with Crippen molar-refractivity contribution >= 4 is 11.0 Å². The minimum Gasteiger partial charge on any atom is -0.488 e. The van der Waals surface area contributed by atoms with Crippen LogP contribution in [0.3, 0.4) is 0 Å². The largest absolute Gasteiger partial charge is 0.488 e. The Hall–Kier alpha value is -3.35. The lowest BCUT2D eigenvalue weighted by molar-refractivity contribution is 0.132. The molecule has 0 aliphatic heterocycles. The molecular weight excluding hydrogens is 376 g/mol. The number of aromatic nitrogens is 6. The van der Waals surface area contributed by atoms with E-state index < -0.39 is 0 Å². The molecule has 0 radical (unpaired) electrons. The van der Waals surface area contributed by atoms with Gasteiger partial charge < -0.3 is 4.74 Å². The third kappa shape index (κ3) is 4.01. The Balaban J connectivity index is 1.30. The second kappa shape index (κ2) is 8.18. The fourth-order valence-corrected chi connectivity index (χ4v) is 4.26. The van der Waals surface area contributed by atoms with E-state index in [0.29, 0.717) is 5.92 Å². The highest BCUT2D eigenvalue weighted by Crippen LogP contribution is 2.34. The highest BCUT2D eigenvalue weighted by atomic mass is 16.5. The molecule has 3 aromatic heterocycles. The van der Waals surface area contributed by atoms with Crippen LogP contribution < -0.4 is 4.74 Å². The molecule has 0 unspecified atom stereocenters. The second-order valence-electron chi connectivity index (χ2n) is 7.95. The number of hydrogen-bond donors (Lipinski definition) is 1. The maximum atomic E-state index is 6.47. The lowest BCUT2D eigenvalue weighted by atomic mass is 9.84. The van der Waals surface area contributed by atoms with E-state index in [-0.39, 0.29) is 6.10 Å². The first-order valence-electron chi connectivity index (χ1n) is 10.4. The summed E-state index contributed by atoms with van der Waals surface area (Å²) in [5.74, 6) is 2.29. The van der Waals surface area contributed by atoms with Crippen molar-refractivity contribution in [3.8, 4) is 16.9 Å². The highest BCUT2D eigenvalue weighted by molar-refractivity contribution is 5.86. The number of fused-ring (bicyclic) bond motifs is 1. The smallest absolute Gasteiger partial charge is 0.148 e. The van der Waals surface area contributed by atoms with E-state index in [2.05, 4.69) is 36.2 Å². The van der Waals surface area contributed by atoms with Crippen molar-refractivity contribution in [3.05, 3.63) is 60.7 Å². The van der Waals surface area contributed by atoms with Crippen molar-refractivity contribution in [2.24, 2.45) is 5.92 Å². The summed E-state index contributed by atoms with van der Waals surface area (Å²) in [4.78, 5) is 17.8. The van der Waals surface area contributed by atoms with Crippen LogP contribution in [-0.2, 0) is 6.42 Å². The van der Waals surface area contributed by atoms with Crippen LogP contribution in [-0.4, -0.2) is 36.2 Å². The van der Waals surface area contributed by atoms with Gasteiger partial charge in [0.2, 0.25) is 0 Å². The van der Waals surface area contributed by atoms with Crippen LogP contribution in [0.1, 0.15) is 37.2 Å². The van der Waals surface area contributed by atoms with Crippen molar-refractivity contribution in [1.29, 1.82) is 0 Å². The lowest BCUT2D eigenvalue weighted by Gasteiger charge is -2.29. The highest BCUT2D eigenvalue weighted by Gasteiger charge is 2.24. The van der Waals surface area contributed by atoms with Crippen molar-refractivity contribution in [2.45, 2.75) is 45.1 Å². The number of hydrogen-bond acceptors (Lipinski definition) is 6. The summed E-state index contributed by atoms with van der Waals surface area (Å²) >= 11 is 0. The fourth-order valence-electron chi connectivity index (χ4n) is 4.26. The molecule has 1 aliphatic carbocycles. The van der Waals surface area contributed by atoms with Crippen LogP contribution >= 0.6 is 0 Å². The molecule has 0 bridgehead atoms. The van der Waals surface area contributed by atoms with Gasteiger partial charge in [-0.25, -0.2) is 15.0 Å². The van der Waals surface area contributed by atoms with Gasteiger partial charge in [-0.05, 0) is 68.7 Å². The Bertz CT molecular complexity index is 1140. The summed E-state index contributed by atoms with van der Waals surface area (Å²) in [6.07, 6.45) is 14.5. The number of aryl methyl sites for hydroxylation is 1. The maximum absolute atomic E-state index is 6.47. The van der Waals surface area contributed by atoms with Gasteiger partial charge in [0.25, 0.3) is 0 Å². The summed E-state index contributed by atoms with van der Waals surface area (Å²) in [6, 6.07) is 6.11. The SMILES string of the molecule is Cc1nccc(CC2CCC(Oc3cc(-c4cn[nH]c4)cc4nccnc34)CC2)n1. The van der Waals surface area contributed by atoms with Crippen molar-refractivity contribution in [2.75, 3.05) is 0 Å². The van der Waals surface area contributed by atoms with Gasteiger partial charge in [0.1, 0.15) is 17.1 Å². The van der Waals surface area contributed by atoms with Crippen LogP contribution in [0.4, 0.5) is 0 Å². The van der Waals surface area contributed by atoms with Crippen LogP contribution in [0.15, 0.2) is 49.2 Å². The fraction of sp³-hybridized carbons (Fsp3) is 0.348. The summed E-state index contributed by atoms with van der Waals surface area (Å²) in [7, 11) is 0. The lowest BCUT2D eigenvalue weighted by Crippen LogP contribution is -2.25. The van der Waals surface area contributed by atoms with Crippen LogP contribution in [0, 0.1) is 12.8 Å². The first kappa shape index (κ1) is 18.7. The molecule has 1 saturated carbocycles. The van der Waals surface area contributed by atoms with E-state index >= 15 is 0 Å². The maximum Gasteiger partial charge on any atom is 0.148 e. The van der Waals surface area contributed by atoms with E-state index in [9.17, 15) is 0 Å². The molecule has 0 atom stereocenters. The van der Waals surface area contributed by atoms with Gasteiger partial charge in [-0.3, -0.25) is 10.1 Å². The van der Waals surface area contributed by atoms with Crippen molar-refractivity contribution in [3.63, 3.8) is 0 Å². The second-order valence-corrected chi connectivity index (χ2v) is 7.95. The minimum absolute atomic E-state index is 0.193. The zero-order chi connectivity index (χ0) is 20.3. The van der Waals surface area contributed by atoms with E-state index in [1.54, 1.807) is 18.6 Å². The molecule has 1 aromatic carbocycles. The Morgan fingerprint density at radius 2 is 1.87 bits per heavy atom. The molecule has 1 fully saturated rings. The zero-order valence-corrected chi connectivity index (χ0v) is 17.0. The molecule has 7 nitrogen and oxygen atoms in total. The normalized spacial score (nSPS) is 19.1. The van der Waals surface area contributed by atoms with Crippen LogP contribution in [0.2, 0.25) is 0 Å². The number of H-pyrrole nitrogens is 1. The Morgan fingerprint density at radius 3 is 2.67 bits per heavy atom. The molecule has 0 amide bonds. The third-order valence-electron chi connectivity index (χ3n) is 5.79. The molecule has 1 N–H and O–H groups in total. The number of nitrogens with one attached hydrogen (secondary N) is 1. The predicted molar refractivity (Wildman–Crippen MR) is 114 cm³/mol. The molecule has 30 heavy (non-hydrogen) atoms. The molecule has 7 heteroatoms. The van der Waals surface area contributed by atoms with Crippen molar-refractivity contribution in [1.82, 2.24) is 30.1 Å². The molecule has 5 rings (SSSR count). The van der Waals surface area contributed by atoms with E-state index in [4.69, 9.17) is 4.74 Å². The van der Waals surface area contributed by atoms with Crippen molar-refractivity contribution < 1.29 is 4.74 Å². The van der Waals surface area contributed by atoms with E-state index in [1.807, 2.05) is 31.5 Å². The van der Waals surface area contributed by atoms with Gasteiger partial charge in [-0.2, -0.15) is 5.10 Å². The first-order valence-corrected chi connectivity index (χ1v) is 10.4. The first-order chi connectivity index (χ1) is 14.7. The van der Waals surface area contributed by atoms with Crippen LogP contribution in [0.25, 0.3) is 22.2 Å². The van der Waals surface area contributed by atoms with Gasteiger partial charge in [0.05, 0.1) is 17.8 Å². The molecule has 152 valence electrons. The molecule has 3 heterocycles. The standard InChI is InChI=1S/C23H24N6O/c1-15-24-7-6-19(29-15)10-16-2-4-20(5-3-16)30-22-12-17(18-13-27-28-14-18)11-21-23(22)26-9-8-25-21/h6-9,11-14,16,20H,2-5,10H2,1H3,(H,27,28). The molecule has 0 spiro atoms. The molecule has 1 aliphatic rings. The number of benzene rings is 1. The monoisotopic (exact) mass is 400 g/mol. The Kier molecular flexibility index (Phi) is 5.09. The minimum atomic E-state index is 0.193. The van der Waals surface area contributed by atoms with Gasteiger partial charge in [-0.15, -0.1) is 0 Å². The average molecular weight is 400 g/mol. The number of rotatable bonds is 5. The van der Waals surface area contributed by atoms with Gasteiger partial charge in [0, 0.05) is 36.0 Å². The Morgan fingerprint density at radius 1 is 1.00 bits per heavy atom. The Labute approximate surface area is 175 Å². The number of ether oxygens (including phenoxy) is 1. The molecule has 0 saturated heterocycles. The van der Waals surface area contributed by atoms with Gasteiger partial charge >= 0.3 is 0 Å². The molecule has 4 aromatic rings. The summed E-state index contributed by atoms with van der Waals surface area (Å²) in [5.41, 5.74) is 4.82. The van der Waals surface area contributed by atoms with E-state index in [1.165, 1.54) is 0 Å². The van der Waals surface area contributed by atoms with Gasteiger partial charge in [-0.1, -0.05) is 0 Å². The quantitative estimate of drug-likeness (QED) is 0.537. The summed E-state index contributed by atoms with van der Waals surface area (Å²) < 4.78 is 6.47. The summed E-state index contributed by atoms with van der Waals surface area (Å²) in [6.45, 7) is 1.94. The summed E-state index contributed by atoms with van der Waals surface area (Å²) in [5, 5.41) is 6.93. The predicted octanol–water partition coefficient (Wildman–Crippen LogP) is 4.30. The topological polar surface area (TPSA) is 89.5 Å². The van der Waals surface area contributed by atoms with Crippen LogP contribution in [0.5, 0.6) is 5.75 Å². The number of aromatic amines is 1. The third-order valence-corrected chi connectivity index (χ3v) is 5.79. The number of nitrogens with zero attached hydrogens (tertiary/aromatic N) is 5.